The molecule has 6 nitrogen and oxygen atoms in total. The van der Waals surface area contributed by atoms with Gasteiger partial charge in [-0.15, -0.1) is 0 Å². The minimum atomic E-state index is -0.988. The van der Waals surface area contributed by atoms with Crippen molar-refractivity contribution in [2.24, 2.45) is 4.99 Å². The zero-order valence-electron chi connectivity index (χ0n) is 17.4. The number of hydrogen-bond acceptors (Lipinski definition) is 4. The van der Waals surface area contributed by atoms with E-state index in [1.165, 1.54) is 12.8 Å². The average Bonchev–Trinajstić information content (AvgIpc) is 3.25. The zero-order valence-corrected chi connectivity index (χ0v) is 17.4. The third-order valence-electron chi connectivity index (χ3n) is 5.15. The number of nitrogens with zero attached hydrogens (tertiary/aromatic N) is 2. The first-order valence-corrected chi connectivity index (χ1v) is 10.5. The van der Waals surface area contributed by atoms with Crippen LogP contribution >= 0.6 is 0 Å². The Morgan fingerprint density at radius 1 is 1.17 bits per heavy atom. The number of aromatic nitrogens is 1. The second kappa shape index (κ2) is 10.3. The fraction of sp³-hybridized carbons (Fsp3) is 0.478. The van der Waals surface area contributed by atoms with Gasteiger partial charge < -0.3 is 20.5 Å². The lowest BCUT2D eigenvalue weighted by atomic mass is 9.96. The van der Waals surface area contributed by atoms with E-state index in [2.05, 4.69) is 20.6 Å². The average molecular weight is 397 g/mol. The molecule has 1 unspecified atom stereocenters. The van der Waals surface area contributed by atoms with E-state index in [1.807, 2.05) is 55.6 Å². The van der Waals surface area contributed by atoms with E-state index in [4.69, 9.17) is 4.74 Å². The summed E-state index contributed by atoms with van der Waals surface area (Å²) in [5, 5.41) is 17.2. The van der Waals surface area contributed by atoms with Gasteiger partial charge in [0.1, 0.15) is 11.7 Å². The predicted molar refractivity (Wildman–Crippen MR) is 116 cm³/mol. The number of pyridine rings is 1. The molecule has 156 valence electrons. The molecule has 0 amide bonds. The van der Waals surface area contributed by atoms with Crippen molar-refractivity contribution in [3.8, 4) is 5.88 Å². The van der Waals surface area contributed by atoms with Gasteiger partial charge in [0.15, 0.2) is 5.96 Å². The van der Waals surface area contributed by atoms with Crippen LogP contribution in [0.4, 0.5) is 0 Å². The van der Waals surface area contributed by atoms with Gasteiger partial charge in [0.05, 0.1) is 13.1 Å². The molecule has 1 heterocycles. The largest absolute Gasteiger partial charge is 0.474 e. The minimum Gasteiger partial charge on any atom is -0.474 e. The van der Waals surface area contributed by atoms with E-state index in [0.29, 0.717) is 31.0 Å². The van der Waals surface area contributed by atoms with Crippen LogP contribution in [0, 0.1) is 0 Å². The van der Waals surface area contributed by atoms with Gasteiger partial charge in [-0.2, -0.15) is 0 Å². The van der Waals surface area contributed by atoms with E-state index >= 15 is 0 Å². The molecule has 3 rings (SSSR count). The number of aliphatic hydroxyl groups is 1. The minimum absolute atomic E-state index is 0.313. The summed E-state index contributed by atoms with van der Waals surface area (Å²) in [4.78, 5) is 9.03. The lowest BCUT2D eigenvalue weighted by Crippen LogP contribution is -2.44. The molecule has 1 fully saturated rings. The van der Waals surface area contributed by atoms with Crippen LogP contribution in [0.15, 0.2) is 53.7 Å². The van der Waals surface area contributed by atoms with Crippen molar-refractivity contribution in [2.75, 3.05) is 13.1 Å². The lowest BCUT2D eigenvalue weighted by Gasteiger charge is -2.25. The summed E-state index contributed by atoms with van der Waals surface area (Å²) in [7, 11) is 0. The van der Waals surface area contributed by atoms with Gasteiger partial charge in [-0.25, -0.2) is 9.98 Å². The van der Waals surface area contributed by atoms with Gasteiger partial charge in [0.2, 0.25) is 5.88 Å². The molecule has 29 heavy (non-hydrogen) atoms. The Bertz CT molecular complexity index is 769. The van der Waals surface area contributed by atoms with Crippen LogP contribution < -0.4 is 15.4 Å². The number of rotatable bonds is 8. The summed E-state index contributed by atoms with van der Waals surface area (Å²) in [6, 6.07) is 13.6. The summed E-state index contributed by atoms with van der Waals surface area (Å²) < 4.78 is 5.91. The summed E-state index contributed by atoms with van der Waals surface area (Å²) in [6.07, 6.45) is 6.87. The fourth-order valence-corrected chi connectivity index (χ4v) is 3.42. The number of nitrogens with one attached hydrogen (secondary N) is 2. The summed E-state index contributed by atoms with van der Waals surface area (Å²) >= 11 is 0. The molecule has 0 aliphatic heterocycles. The number of guanidine groups is 1. The molecule has 0 bridgehead atoms. The highest BCUT2D eigenvalue weighted by Gasteiger charge is 2.23. The van der Waals surface area contributed by atoms with Gasteiger partial charge in [0, 0.05) is 18.8 Å². The van der Waals surface area contributed by atoms with Gasteiger partial charge >= 0.3 is 0 Å². The number of hydrogen-bond donors (Lipinski definition) is 3. The van der Waals surface area contributed by atoms with Crippen molar-refractivity contribution in [1.29, 1.82) is 0 Å². The Kier molecular flexibility index (Phi) is 7.47. The van der Waals surface area contributed by atoms with Crippen molar-refractivity contribution < 1.29 is 9.84 Å². The normalized spacial score (nSPS) is 17.0. The van der Waals surface area contributed by atoms with E-state index in [1.54, 1.807) is 6.92 Å². The van der Waals surface area contributed by atoms with Crippen LogP contribution in [-0.2, 0) is 12.1 Å². The van der Waals surface area contributed by atoms with Gasteiger partial charge in [-0.3, -0.25) is 0 Å². The summed E-state index contributed by atoms with van der Waals surface area (Å²) in [5.74, 6) is 1.35. The summed E-state index contributed by atoms with van der Waals surface area (Å²) in [5.41, 5.74) is 0.888. The Balaban J connectivity index is 1.55. The summed E-state index contributed by atoms with van der Waals surface area (Å²) in [6.45, 7) is 5.41. The molecule has 0 radical (unpaired) electrons. The Hall–Kier alpha value is -2.60. The molecule has 1 aromatic heterocycles. The van der Waals surface area contributed by atoms with Crippen molar-refractivity contribution in [1.82, 2.24) is 15.6 Å². The number of benzene rings is 1. The Labute approximate surface area is 173 Å². The van der Waals surface area contributed by atoms with Gasteiger partial charge in [0.25, 0.3) is 0 Å². The third kappa shape index (κ3) is 6.46. The molecule has 0 saturated heterocycles. The van der Waals surface area contributed by atoms with E-state index in [9.17, 15) is 5.11 Å². The van der Waals surface area contributed by atoms with E-state index in [0.717, 1.165) is 30.5 Å². The van der Waals surface area contributed by atoms with Crippen LogP contribution in [0.25, 0.3) is 0 Å². The first kappa shape index (κ1) is 21.1. The lowest BCUT2D eigenvalue weighted by molar-refractivity contribution is 0.0617. The van der Waals surface area contributed by atoms with E-state index < -0.39 is 5.60 Å². The number of ether oxygens (including phenoxy) is 1. The molecule has 6 heteroatoms. The molecule has 0 spiro atoms. The maximum absolute atomic E-state index is 10.8. The number of aliphatic imine (C=N–C) groups is 1. The molecule has 2 aromatic rings. The topological polar surface area (TPSA) is 78.8 Å². The molecule has 1 aliphatic carbocycles. The van der Waals surface area contributed by atoms with Crippen LogP contribution in [-0.4, -0.2) is 35.2 Å². The molecule has 1 saturated carbocycles. The van der Waals surface area contributed by atoms with Gasteiger partial charge in [-0.05, 0) is 50.7 Å². The van der Waals surface area contributed by atoms with Crippen LogP contribution in [0.5, 0.6) is 5.88 Å². The molecule has 3 N–H and O–H groups in total. The zero-order chi connectivity index (χ0) is 20.5. The molecule has 1 atom stereocenters. The first-order chi connectivity index (χ1) is 14.1. The SMILES string of the molecule is CCNC(=NCc1ccc(OC2CCCC2)nc1)NCC(C)(O)c1ccccc1. The maximum Gasteiger partial charge on any atom is 0.213 e. The van der Waals surface area contributed by atoms with Crippen LogP contribution in [0.2, 0.25) is 0 Å². The first-order valence-electron chi connectivity index (χ1n) is 10.5. The molecule has 1 aliphatic rings. The Morgan fingerprint density at radius 2 is 1.93 bits per heavy atom. The third-order valence-corrected chi connectivity index (χ3v) is 5.15. The smallest absolute Gasteiger partial charge is 0.213 e. The van der Waals surface area contributed by atoms with E-state index in [-0.39, 0.29) is 0 Å². The monoisotopic (exact) mass is 396 g/mol. The highest BCUT2D eigenvalue weighted by Crippen LogP contribution is 2.23. The highest BCUT2D eigenvalue weighted by atomic mass is 16.5. The molecular weight excluding hydrogens is 364 g/mol. The predicted octanol–water partition coefficient (Wildman–Crippen LogP) is 3.37. The van der Waals surface area contributed by atoms with Crippen LogP contribution in [0.3, 0.4) is 0 Å². The maximum atomic E-state index is 10.8. The molecular formula is C23H32N4O2. The standard InChI is InChI=1S/C23H32N4O2/c1-3-24-22(27-17-23(2,28)19-9-5-4-6-10-19)26-16-18-13-14-21(25-15-18)29-20-11-7-8-12-20/h4-6,9-10,13-15,20,28H,3,7-8,11-12,16-17H2,1-2H3,(H2,24,26,27). The van der Waals surface area contributed by atoms with Crippen molar-refractivity contribution in [2.45, 2.75) is 57.8 Å². The van der Waals surface area contributed by atoms with Crippen molar-refractivity contribution in [3.05, 3.63) is 59.8 Å². The second-order valence-corrected chi connectivity index (χ2v) is 7.72. The quantitative estimate of drug-likeness (QED) is 0.471. The van der Waals surface area contributed by atoms with Crippen molar-refractivity contribution >= 4 is 5.96 Å². The van der Waals surface area contributed by atoms with Gasteiger partial charge in [-0.1, -0.05) is 36.4 Å². The van der Waals surface area contributed by atoms with Crippen LogP contribution in [0.1, 0.15) is 50.7 Å². The highest BCUT2D eigenvalue weighted by molar-refractivity contribution is 5.79. The fourth-order valence-electron chi connectivity index (χ4n) is 3.42. The van der Waals surface area contributed by atoms with Crippen molar-refractivity contribution in [3.63, 3.8) is 0 Å². The Morgan fingerprint density at radius 3 is 2.59 bits per heavy atom. The molecule has 1 aromatic carbocycles. The second-order valence-electron chi connectivity index (χ2n) is 7.72.